The van der Waals surface area contributed by atoms with Crippen LogP contribution in [0.1, 0.15) is 50.7 Å². The first kappa shape index (κ1) is 27.9. The fourth-order valence-corrected chi connectivity index (χ4v) is 5.80. The molecule has 2 aliphatic heterocycles. The lowest BCUT2D eigenvalue weighted by Crippen LogP contribution is -2.48. The second kappa shape index (κ2) is 11.5. The average Bonchev–Trinajstić information content (AvgIpc) is 3.61. The van der Waals surface area contributed by atoms with Crippen molar-refractivity contribution in [2.24, 2.45) is 5.16 Å². The molecule has 2 aromatic rings. The summed E-state index contributed by atoms with van der Waals surface area (Å²) in [7, 11) is 0. The number of alkyl carbamates (subject to hydrolysis) is 1. The van der Waals surface area contributed by atoms with E-state index < -0.39 is 29.9 Å². The molecule has 0 saturated carbocycles. The van der Waals surface area contributed by atoms with Crippen molar-refractivity contribution in [1.29, 1.82) is 0 Å². The fourth-order valence-electron chi connectivity index (χ4n) is 5.35. The number of oxime groups is 1. The molecule has 3 atom stereocenters. The molecule has 0 unspecified atom stereocenters. The van der Waals surface area contributed by atoms with Crippen molar-refractivity contribution in [3.05, 3.63) is 59.7 Å². The van der Waals surface area contributed by atoms with Crippen LogP contribution in [-0.2, 0) is 19.1 Å². The van der Waals surface area contributed by atoms with Crippen LogP contribution in [0.3, 0.4) is 0 Å². The van der Waals surface area contributed by atoms with Gasteiger partial charge in [0.25, 0.3) is 0 Å². The highest BCUT2D eigenvalue weighted by molar-refractivity contribution is 9.18. The van der Waals surface area contributed by atoms with Gasteiger partial charge in [0.1, 0.15) is 22.9 Å². The van der Waals surface area contributed by atoms with E-state index in [0.717, 1.165) is 22.3 Å². The van der Waals surface area contributed by atoms with Crippen LogP contribution in [0.4, 0.5) is 9.59 Å². The third kappa shape index (κ3) is 6.24. The summed E-state index contributed by atoms with van der Waals surface area (Å²) in [5.74, 6) is -0.422. The van der Waals surface area contributed by atoms with Crippen molar-refractivity contribution >= 4 is 38.6 Å². The third-order valence-electron chi connectivity index (χ3n) is 7.10. The summed E-state index contributed by atoms with van der Waals surface area (Å²) >= 11 is 3.28. The van der Waals surface area contributed by atoms with Gasteiger partial charge in [0.15, 0.2) is 6.10 Å². The molecule has 0 bridgehead atoms. The molecule has 3 aliphatic rings. The number of ether oxygens (including phenoxy) is 2. The third-order valence-corrected chi connectivity index (χ3v) is 7.57. The van der Waals surface area contributed by atoms with Gasteiger partial charge >= 0.3 is 12.2 Å². The second-order valence-corrected chi connectivity index (χ2v) is 12.1. The van der Waals surface area contributed by atoms with Crippen LogP contribution in [0.2, 0.25) is 0 Å². The van der Waals surface area contributed by atoms with Gasteiger partial charge in [0.2, 0.25) is 5.91 Å². The molecule has 2 N–H and O–H groups in total. The van der Waals surface area contributed by atoms with Crippen LogP contribution in [0.5, 0.6) is 0 Å². The lowest BCUT2D eigenvalue weighted by molar-refractivity contribution is -0.126. The van der Waals surface area contributed by atoms with E-state index in [2.05, 4.69) is 56.0 Å². The van der Waals surface area contributed by atoms with Crippen LogP contribution in [0, 0.1) is 0 Å². The van der Waals surface area contributed by atoms with Gasteiger partial charge in [-0.05, 0) is 65.4 Å². The number of fused-ring (bicyclic) bond motifs is 3. The predicted octanol–water partition coefficient (Wildman–Crippen LogP) is 4.52. The number of halogens is 1. The number of likely N-dealkylation sites (tertiary alicyclic amines) is 1. The van der Waals surface area contributed by atoms with Crippen molar-refractivity contribution in [1.82, 2.24) is 15.5 Å². The molecular weight excluding hydrogens is 580 g/mol. The maximum Gasteiger partial charge on any atom is 0.411 e. The Morgan fingerprint density at radius 2 is 1.73 bits per heavy atom. The van der Waals surface area contributed by atoms with Gasteiger partial charge < -0.3 is 24.9 Å². The van der Waals surface area contributed by atoms with Gasteiger partial charge in [-0.25, -0.2) is 9.59 Å². The molecule has 1 saturated heterocycles. The molecule has 1 aliphatic carbocycles. The SMILES string of the molecule is CC(C)(C)OC(=O)N1C[C@H](NC(=O)OCC2c3ccccc3-c3ccccc32)C[C@H]1C(=O)NC[C@@H]1CC(Br)=NO1. The van der Waals surface area contributed by atoms with Crippen LogP contribution in [0.15, 0.2) is 53.7 Å². The number of nitrogens with one attached hydrogen (secondary N) is 2. The molecule has 3 amide bonds. The number of hydrogen-bond acceptors (Lipinski definition) is 7. The molecule has 11 heteroatoms. The van der Waals surface area contributed by atoms with Gasteiger partial charge in [0.05, 0.1) is 12.6 Å². The van der Waals surface area contributed by atoms with Crippen molar-refractivity contribution < 1.29 is 28.7 Å². The normalized spacial score (nSPS) is 21.6. The number of carbonyl (C=O) groups excluding carboxylic acids is 3. The second-order valence-electron chi connectivity index (χ2n) is 11.2. The van der Waals surface area contributed by atoms with Crippen molar-refractivity contribution in [2.75, 3.05) is 19.7 Å². The summed E-state index contributed by atoms with van der Waals surface area (Å²) in [5.41, 5.74) is 3.79. The highest BCUT2D eigenvalue weighted by atomic mass is 79.9. The van der Waals surface area contributed by atoms with E-state index in [0.29, 0.717) is 11.0 Å². The highest BCUT2D eigenvalue weighted by Gasteiger charge is 2.42. The monoisotopic (exact) mass is 612 g/mol. The number of carbonyl (C=O) groups is 3. The summed E-state index contributed by atoms with van der Waals surface area (Å²) in [4.78, 5) is 45.6. The van der Waals surface area contributed by atoms with Gasteiger partial charge in [-0.3, -0.25) is 9.69 Å². The lowest BCUT2D eigenvalue weighted by atomic mass is 9.98. The zero-order valence-electron chi connectivity index (χ0n) is 22.7. The summed E-state index contributed by atoms with van der Waals surface area (Å²) in [6.45, 7) is 5.81. The Morgan fingerprint density at radius 1 is 1.07 bits per heavy atom. The van der Waals surface area contributed by atoms with E-state index in [1.807, 2.05) is 24.3 Å². The van der Waals surface area contributed by atoms with Gasteiger partial charge in [0, 0.05) is 18.9 Å². The minimum absolute atomic E-state index is 0.0691. The number of nitrogens with zero attached hydrogens (tertiary/aromatic N) is 2. The van der Waals surface area contributed by atoms with Gasteiger partial charge in [-0.1, -0.05) is 53.7 Å². The highest BCUT2D eigenvalue weighted by Crippen LogP contribution is 2.44. The van der Waals surface area contributed by atoms with E-state index in [4.69, 9.17) is 14.3 Å². The molecule has 0 radical (unpaired) electrons. The molecule has 40 heavy (non-hydrogen) atoms. The Bertz CT molecular complexity index is 1280. The maximum atomic E-state index is 13.1. The van der Waals surface area contributed by atoms with Crippen LogP contribution >= 0.6 is 15.9 Å². The van der Waals surface area contributed by atoms with Crippen LogP contribution in [-0.4, -0.2) is 71.1 Å². The topological polar surface area (TPSA) is 119 Å². The van der Waals surface area contributed by atoms with E-state index in [-0.39, 0.29) is 44.0 Å². The maximum absolute atomic E-state index is 13.1. The number of hydrogen-bond donors (Lipinski definition) is 2. The average molecular weight is 614 g/mol. The smallest absolute Gasteiger partial charge is 0.411 e. The molecule has 5 rings (SSSR count). The van der Waals surface area contributed by atoms with E-state index >= 15 is 0 Å². The Labute approximate surface area is 241 Å². The van der Waals surface area contributed by atoms with E-state index in [1.54, 1.807) is 20.8 Å². The molecule has 0 aromatic heterocycles. The lowest BCUT2D eigenvalue weighted by Gasteiger charge is -2.28. The summed E-state index contributed by atoms with van der Waals surface area (Å²) in [6, 6.07) is 14.9. The van der Waals surface area contributed by atoms with Crippen LogP contribution in [0.25, 0.3) is 11.1 Å². The van der Waals surface area contributed by atoms with Gasteiger partial charge in [-0.2, -0.15) is 0 Å². The minimum atomic E-state index is -0.820. The minimum Gasteiger partial charge on any atom is -0.449 e. The Kier molecular flexibility index (Phi) is 8.02. The largest absolute Gasteiger partial charge is 0.449 e. The molecule has 212 valence electrons. The number of amides is 3. The molecular formula is C29H33BrN4O6. The Morgan fingerprint density at radius 3 is 2.33 bits per heavy atom. The first-order valence-electron chi connectivity index (χ1n) is 13.4. The van der Waals surface area contributed by atoms with Crippen molar-refractivity contribution in [3.63, 3.8) is 0 Å². The molecule has 0 spiro atoms. The zero-order chi connectivity index (χ0) is 28.4. The molecule has 2 heterocycles. The van der Waals surface area contributed by atoms with Gasteiger partial charge in [-0.15, -0.1) is 0 Å². The Balaban J connectivity index is 1.21. The first-order chi connectivity index (χ1) is 19.1. The zero-order valence-corrected chi connectivity index (χ0v) is 24.3. The van der Waals surface area contributed by atoms with E-state index in [9.17, 15) is 14.4 Å². The quantitative estimate of drug-likeness (QED) is 0.495. The standard InChI is InChI=1S/C29H33BrN4O6/c1-29(2,3)39-28(37)34-15-17(12-24(34)26(35)31-14-18-13-25(30)33-40-18)32-27(36)38-16-23-21-10-6-4-8-19(21)20-9-5-7-11-22(20)23/h4-11,17-18,23-24H,12-16H2,1-3H3,(H,31,35)(H,32,36)/t17-,18+,24+/m1/s1. The van der Waals surface area contributed by atoms with Crippen LogP contribution < -0.4 is 10.6 Å². The van der Waals surface area contributed by atoms with Crippen molar-refractivity contribution in [3.8, 4) is 11.1 Å². The van der Waals surface area contributed by atoms with E-state index in [1.165, 1.54) is 4.90 Å². The Hall–Kier alpha value is -3.60. The summed E-state index contributed by atoms with van der Waals surface area (Å²) in [5, 5.41) is 9.51. The number of benzene rings is 2. The predicted molar refractivity (Wildman–Crippen MR) is 152 cm³/mol. The van der Waals surface area contributed by atoms with Crippen molar-refractivity contribution in [2.45, 2.75) is 63.3 Å². The first-order valence-corrected chi connectivity index (χ1v) is 14.2. The fraction of sp³-hybridized carbons (Fsp3) is 0.448. The molecule has 1 fully saturated rings. The number of rotatable bonds is 6. The summed E-state index contributed by atoms with van der Waals surface area (Å²) in [6.07, 6.45) is -0.733. The molecule has 10 nitrogen and oxygen atoms in total. The summed E-state index contributed by atoms with van der Waals surface area (Å²) < 4.78 is 11.9. The molecule has 2 aromatic carbocycles.